The molecule has 1 heterocycles. The molecule has 1 N–H and O–H groups in total. The lowest BCUT2D eigenvalue weighted by molar-refractivity contribution is -0.384. The van der Waals surface area contributed by atoms with Crippen LogP contribution in [0.1, 0.15) is 0 Å². The van der Waals surface area contributed by atoms with Crippen molar-refractivity contribution < 1.29 is 18.5 Å². The highest BCUT2D eigenvalue weighted by molar-refractivity contribution is 7.99. The summed E-state index contributed by atoms with van der Waals surface area (Å²) >= 11 is 0.391. The molecule has 154 valence electrons. The molecule has 1 saturated heterocycles. The minimum atomic E-state index is -2.57. The van der Waals surface area contributed by atoms with Crippen LogP contribution in [0.25, 0.3) is 0 Å². The number of anilines is 2. The Hall–Kier alpha value is -2.72. The zero-order chi connectivity index (χ0) is 20.8. The van der Waals surface area contributed by atoms with Gasteiger partial charge in [0.2, 0.25) is 5.91 Å². The van der Waals surface area contributed by atoms with Gasteiger partial charge in [0, 0.05) is 37.1 Å². The number of para-hydroxylation sites is 3. The second-order valence-corrected chi connectivity index (χ2v) is 7.46. The van der Waals surface area contributed by atoms with Gasteiger partial charge in [-0.05, 0) is 18.2 Å². The molecule has 1 aliphatic rings. The third kappa shape index (κ3) is 5.64. The minimum absolute atomic E-state index is 0.0619. The first kappa shape index (κ1) is 21.0. The van der Waals surface area contributed by atoms with Crippen molar-refractivity contribution in [1.29, 1.82) is 0 Å². The highest BCUT2D eigenvalue weighted by Crippen LogP contribution is 2.32. The van der Waals surface area contributed by atoms with Gasteiger partial charge < -0.3 is 10.2 Å². The molecule has 10 heteroatoms. The normalized spacial score (nSPS) is 14.8. The molecule has 0 radical (unpaired) electrons. The fourth-order valence-corrected chi connectivity index (χ4v) is 3.79. The average molecular weight is 422 g/mol. The van der Waals surface area contributed by atoms with E-state index in [9.17, 15) is 23.7 Å². The third-order valence-electron chi connectivity index (χ3n) is 4.54. The van der Waals surface area contributed by atoms with Crippen molar-refractivity contribution in [3.63, 3.8) is 0 Å². The lowest BCUT2D eigenvalue weighted by Gasteiger charge is -2.35. The summed E-state index contributed by atoms with van der Waals surface area (Å²) in [5, 5.41) is 13.9. The lowest BCUT2D eigenvalue weighted by atomic mass is 10.2. The van der Waals surface area contributed by atoms with E-state index < -0.39 is 10.7 Å². The monoisotopic (exact) mass is 422 g/mol. The molecule has 2 aromatic carbocycles. The van der Waals surface area contributed by atoms with Gasteiger partial charge in [-0.25, -0.2) is 0 Å². The molecule has 0 aliphatic carbocycles. The highest BCUT2D eigenvalue weighted by Gasteiger charge is 2.24. The van der Waals surface area contributed by atoms with E-state index in [2.05, 4.69) is 5.32 Å². The van der Waals surface area contributed by atoms with E-state index in [1.54, 1.807) is 36.4 Å². The fourth-order valence-electron chi connectivity index (χ4n) is 3.19. The number of hydrogen-bond acceptors (Lipinski definition) is 6. The highest BCUT2D eigenvalue weighted by atomic mass is 32.2. The Labute approximate surface area is 170 Å². The fraction of sp³-hybridized carbons (Fsp3) is 0.316. The van der Waals surface area contributed by atoms with Crippen LogP contribution < -0.4 is 10.2 Å². The summed E-state index contributed by atoms with van der Waals surface area (Å²) in [6, 6.07) is 13.0. The Morgan fingerprint density at radius 1 is 1.10 bits per heavy atom. The molecule has 1 aliphatic heterocycles. The molecule has 1 fully saturated rings. The molecule has 2 aromatic rings. The molecule has 0 unspecified atom stereocenters. The summed E-state index contributed by atoms with van der Waals surface area (Å²) in [5.41, 5.74) is 0.993. The van der Waals surface area contributed by atoms with E-state index in [0.717, 1.165) is 0 Å². The number of nitrogens with one attached hydrogen (secondary N) is 1. The van der Waals surface area contributed by atoms with Gasteiger partial charge in [0.15, 0.2) is 0 Å². The summed E-state index contributed by atoms with van der Waals surface area (Å²) in [5.74, 6) is -2.85. The average Bonchev–Trinajstić information content (AvgIpc) is 2.69. The van der Waals surface area contributed by atoms with E-state index in [4.69, 9.17) is 0 Å². The number of halogens is 2. The molecule has 0 atom stereocenters. The van der Waals surface area contributed by atoms with E-state index in [1.165, 1.54) is 12.1 Å². The van der Waals surface area contributed by atoms with E-state index >= 15 is 0 Å². The largest absolute Gasteiger partial charge is 0.363 e. The van der Waals surface area contributed by atoms with Gasteiger partial charge in [0.05, 0.1) is 17.2 Å². The number of nitro benzene ring substituents is 1. The van der Waals surface area contributed by atoms with Gasteiger partial charge in [0.1, 0.15) is 5.69 Å². The minimum Gasteiger partial charge on any atom is -0.363 e. The first-order chi connectivity index (χ1) is 13.9. The van der Waals surface area contributed by atoms with Crippen molar-refractivity contribution in [2.24, 2.45) is 0 Å². The Morgan fingerprint density at radius 3 is 2.45 bits per heavy atom. The lowest BCUT2D eigenvalue weighted by Crippen LogP contribution is -2.48. The van der Waals surface area contributed by atoms with Crippen molar-refractivity contribution in [3.8, 4) is 0 Å². The van der Waals surface area contributed by atoms with Crippen LogP contribution >= 0.6 is 11.8 Å². The Balaban J connectivity index is 1.55. The Bertz CT molecular complexity index is 876. The summed E-state index contributed by atoms with van der Waals surface area (Å²) in [4.78, 5) is 27.4. The number of carbonyl (C=O) groups excluding carboxylic acids is 1. The maximum Gasteiger partial charge on any atom is 0.292 e. The quantitative estimate of drug-likeness (QED) is 0.417. The molecule has 0 spiro atoms. The Kier molecular flexibility index (Phi) is 6.99. The first-order valence-electron chi connectivity index (χ1n) is 8.98. The van der Waals surface area contributed by atoms with Crippen LogP contribution in [0.4, 0.5) is 25.8 Å². The standard InChI is InChI=1S/C19H20F2N4O3S/c20-19(21)29-17-8-4-1-5-14(17)22-18(26)13-23-9-11-24(12-10-23)15-6-2-3-7-16(15)25(27)28/h1-8,19H,9-13H2,(H,22,26). The summed E-state index contributed by atoms with van der Waals surface area (Å²) < 4.78 is 25.3. The van der Waals surface area contributed by atoms with Crippen LogP contribution in [0.3, 0.4) is 0 Å². The molecular formula is C19H20F2N4O3S. The van der Waals surface area contributed by atoms with Gasteiger partial charge in [0.25, 0.3) is 11.4 Å². The zero-order valence-electron chi connectivity index (χ0n) is 15.5. The number of nitrogens with zero attached hydrogens (tertiary/aromatic N) is 3. The van der Waals surface area contributed by atoms with E-state index in [1.807, 2.05) is 9.80 Å². The number of amides is 1. The van der Waals surface area contributed by atoms with Gasteiger partial charge in [-0.2, -0.15) is 8.78 Å². The van der Waals surface area contributed by atoms with E-state index in [0.29, 0.717) is 54.2 Å². The topological polar surface area (TPSA) is 78.7 Å². The molecule has 29 heavy (non-hydrogen) atoms. The number of hydrogen-bond donors (Lipinski definition) is 1. The maximum absolute atomic E-state index is 12.7. The Morgan fingerprint density at radius 2 is 1.76 bits per heavy atom. The molecule has 1 amide bonds. The van der Waals surface area contributed by atoms with Gasteiger partial charge >= 0.3 is 0 Å². The summed E-state index contributed by atoms with van der Waals surface area (Å²) in [7, 11) is 0. The second kappa shape index (κ2) is 9.66. The number of benzene rings is 2. The smallest absolute Gasteiger partial charge is 0.292 e. The number of alkyl halides is 2. The van der Waals surface area contributed by atoms with Gasteiger partial charge in [-0.15, -0.1) is 0 Å². The van der Waals surface area contributed by atoms with Crippen molar-refractivity contribution in [2.45, 2.75) is 10.7 Å². The molecule has 7 nitrogen and oxygen atoms in total. The molecule has 0 saturated carbocycles. The molecule has 0 bridgehead atoms. The van der Waals surface area contributed by atoms with Gasteiger partial charge in [-0.3, -0.25) is 19.8 Å². The zero-order valence-corrected chi connectivity index (χ0v) is 16.3. The molecular weight excluding hydrogens is 402 g/mol. The number of nitro groups is 1. The van der Waals surface area contributed by atoms with Gasteiger partial charge in [-0.1, -0.05) is 36.0 Å². The number of rotatable bonds is 7. The number of piperazine rings is 1. The van der Waals surface area contributed by atoms with Crippen molar-refractivity contribution in [1.82, 2.24) is 4.90 Å². The number of carbonyl (C=O) groups is 1. The van der Waals surface area contributed by atoms with Crippen molar-refractivity contribution in [2.75, 3.05) is 42.9 Å². The predicted octanol–water partition coefficient (Wildman–Crippen LogP) is 3.67. The van der Waals surface area contributed by atoms with Crippen LogP contribution in [0, 0.1) is 10.1 Å². The first-order valence-corrected chi connectivity index (χ1v) is 9.86. The maximum atomic E-state index is 12.7. The number of thioether (sulfide) groups is 1. The van der Waals surface area contributed by atoms with Crippen LogP contribution in [0.2, 0.25) is 0 Å². The van der Waals surface area contributed by atoms with Crippen LogP contribution in [0.15, 0.2) is 53.4 Å². The molecule has 0 aromatic heterocycles. The van der Waals surface area contributed by atoms with Crippen molar-refractivity contribution >= 4 is 34.7 Å². The van der Waals surface area contributed by atoms with Crippen LogP contribution in [-0.4, -0.2) is 54.2 Å². The summed E-state index contributed by atoms with van der Waals surface area (Å²) in [6.07, 6.45) is 0. The third-order valence-corrected chi connectivity index (χ3v) is 5.32. The van der Waals surface area contributed by atoms with Crippen molar-refractivity contribution in [3.05, 3.63) is 58.6 Å². The van der Waals surface area contributed by atoms with E-state index in [-0.39, 0.29) is 18.1 Å². The van der Waals surface area contributed by atoms with Crippen LogP contribution in [-0.2, 0) is 4.79 Å². The summed E-state index contributed by atoms with van der Waals surface area (Å²) in [6.45, 7) is 2.35. The second-order valence-electron chi connectivity index (χ2n) is 6.43. The van der Waals surface area contributed by atoms with Crippen LogP contribution in [0.5, 0.6) is 0 Å². The SMILES string of the molecule is O=C(CN1CCN(c2ccccc2[N+](=O)[O-])CC1)Nc1ccccc1SC(F)F. The predicted molar refractivity (Wildman–Crippen MR) is 109 cm³/mol. The molecule has 3 rings (SSSR count).